The van der Waals surface area contributed by atoms with Crippen LogP contribution in [0.4, 0.5) is 0 Å². The molecule has 1 saturated carbocycles. The fraction of sp³-hybridized carbons (Fsp3) is 0.294. The lowest BCUT2D eigenvalue weighted by Gasteiger charge is -2.55. The van der Waals surface area contributed by atoms with Crippen LogP contribution in [0.15, 0.2) is 110 Å². The first-order valence-corrected chi connectivity index (χ1v) is 15.2. The summed E-state index contributed by atoms with van der Waals surface area (Å²) in [7, 11) is 0. The van der Waals surface area contributed by atoms with E-state index in [1.807, 2.05) is 12.4 Å². The number of nitrogens with zero attached hydrogens (tertiary/aromatic N) is 4. The summed E-state index contributed by atoms with van der Waals surface area (Å²) in [5.74, 6) is 2.16. The van der Waals surface area contributed by atoms with Crippen LogP contribution in [0.5, 0.6) is 5.19 Å². The van der Waals surface area contributed by atoms with E-state index < -0.39 is 5.54 Å². The Hall–Kier alpha value is -3.74. The minimum Gasteiger partial charge on any atom is -0.466 e. The van der Waals surface area contributed by atoms with Crippen molar-refractivity contribution in [3.8, 4) is 15.6 Å². The molecule has 2 unspecified atom stereocenters. The van der Waals surface area contributed by atoms with Crippen molar-refractivity contribution in [2.75, 3.05) is 19.6 Å². The molecule has 0 spiro atoms. The largest absolute Gasteiger partial charge is 0.466 e. The predicted octanol–water partition coefficient (Wildman–Crippen LogP) is 6.57. The third kappa shape index (κ3) is 3.93. The standard InChI is InChI=1S/C34H32N4OS/c1-4-10-28(11-5-1)34(29-12-6-2-7-13-29,30-14-8-3-9-15-30)38-23-27(18-36-38)31-19-35-33(40-31)39-32-25-16-24-17-26(32)22-37(20-24)21-25/h1-15,18-19,23-26,32H,16-17,20-22H2. The summed E-state index contributed by atoms with van der Waals surface area (Å²) >= 11 is 1.64. The van der Waals surface area contributed by atoms with Gasteiger partial charge in [-0.15, -0.1) is 0 Å². The van der Waals surface area contributed by atoms with Crippen molar-refractivity contribution < 1.29 is 4.74 Å². The fourth-order valence-corrected chi connectivity index (χ4v) is 8.47. The summed E-state index contributed by atoms with van der Waals surface area (Å²) in [6.07, 6.45) is 9.01. The molecule has 3 saturated heterocycles. The summed E-state index contributed by atoms with van der Waals surface area (Å²) < 4.78 is 8.75. The Labute approximate surface area is 239 Å². The lowest BCUT2D eigenvalue weighted by molar-refractivity contribution is -0.0985. The van der Waals surface area contributed by atoms with Gasteiger partial charge in [0.2, 0.25) is 0 Å². The van der Waals surface area contributed by atoms with E-state index in [9.17, 15) is 0 Å². The summed E-state index contributed by atoms with van der Waals surface area (Å²) in [4.78, 5) is 8.46. The van der Waals surface area contributed by atoms with E-state index in [1.165, 1.54) is 32.5 Å². The van der Waals surface area contributed by atoms with Gasteiger partial charge in [0.15, 0.2) is 0 Å². The molecule has 9 rings (SSSR count). The number of benzene rings is 3. The molecule has 0 N–H and O–H groups in total. The van der Waals surface area contributed by atoms with Crippen LogP contribution in [0.3, 0.4) is 0 Å². The molecule has 1 aliphatic carbocycles. The van der Waals surface area contributed by atoms with Gasteiger partial charge in [0.25, 0.3) is 5.19 Å². The van der Waals surface area contributed by atoms with Gasteiger partial charge in [-0.05, 0) is 35.4 Å². The van der Waals surface area contributed by atoms with Crippen LogP contribution >= 0.6 is 11.3 Å². The first-order valence-electron chi connectivity index (χ1n) is 14.3. The molecule has 2 atom stereocenters. The van der Waals surface area contributed by atoms with Gasteiger partial charge < -0.3 is 9.64 Å². The zero-order valence-electron chi connectivity index (χ0n) is 22.3. The summed E-state index contributed by atoms with van der Waals surface area (Å²) in [5.41, 5.74) is 3.91. The van der Waals surface area contributed by atoms with E-state index in [0.29, 0.717) is 17.9 Å². The number of rotatable bonds is 7. The second-order valence-corrected chi connectivity index (χ2v) is 12.6. The van der Waals surface area contributed by atoms with Crippen LogP contribution in [-0.4, -0.2) is 45.4 Å². The van der Waals surface area contributed by atoms with Gasteiger partial charge in [0.1, 0.15) is 11.6 Å². The molecule has 40 heavy (non-hydrogen) atoms. The molecule has 4 aliphatic rings. The van der Waals surface area contributed by atoms with Crippen molar-refractivity contribution in [3.05, 3.63) is 126 Å². The Morgan fingerprint density at radius 2 is 1.30 bits per heavy atom. The molecule has 4 bridgehead atoms. The average molecular weight is 545 g/mol. The molecule has 3 aromatic carbocycles. The Morgan fingerprint density at radius 1 is 0.725 bits per heavy atom. The predicted molar refractivity (Wildman–Crippen MR) is 159 cm³/mol. The quantitative estimate of drug-likeness (QED) is 0.218. The van der Waals surface area contributed by atoms with Gasteiger partial charge in [-0.2, -0.15) is 5.10 Å². The van der Waals surface area contributed by atoms with Crippen molar-refractivity contribution in [1.29, 1.82) is 0 Å². The maximum Gasteiger partial charge on any atom is 0.274 e. The van der Waals surface area contributed by atoms with E-state index in [0.717, 1.165) is 38.2 Å². The van der Waals surface area contributed by atoms with Gasteiger partial charge in [-0.1, -0.05) is 102 Å². The van der Waals surface area contributed by atoms with Crippen LogP contribution in [0.2, 0.25) is 0 Å². The molecule has 0 radical (unpaired) electrons. The van der Waals surface area contributed by atoms with E-state index in [1.54, 1.807) is 11.3 Å². The molecule has 3 aliphatic heterocycles. The van der Waals surface area contributed by atoms with Gasteiger partial charge >= 0.3 is 0 Å². The molecule has 5 nitrogen and oxygen atoms in total. The zero-order chi connectivity index (χ0) is 26.5. The van der Waals surface area contributed by atoms with Crippen molar-refractivity contribution in [2.24, 2.45) is 17.8 Å². The van der Waals surface area contributed by atoms with Gasteiger partial charge in [0, 0.05) is 49.4 Å². The SMILES string of the molecule is c1ccc(C(c2ccccc2)(c2ccccc2)n2cc(-c3cnc(OC4C5CC6CC4CN(C6)C5)s3)cn2)cc1. The molecule has 4 fully saturated rings. The Balaban J connectivity index is 1.17. The van der Waals surface area contributed by atoms with Gasteiger partial charge in [-0.3, -0.25) is 4.68 Å². The molecular weight excluding hydrogens is 512 g/mol. The summed E-state index contributed by atoms with van der Waals surface area (Å²) in [5, 5.41) is 5.82. The number of aromatic nitrogens is 3. The molecule has 200 valence electrons. The molecule has 5 aromatic rings. The maximum atomic E-state index is 6.63. The third-order valence-corrected chi connectivity index (χ3v) is 10.1. The fourth-order valence-electron chi connectivity index (χ4n) is 7.69. The molecule has 0 amide bonds. The number of hydrogen-bond acceptors (Lipinski definition) is 5. The summed E-state index contributed by atoms with van der Waals surface area (Å²) in [6.45, 7) is 3.66. The van der Waals surface area contributed by atoms with Gasteiger partial charge in [0.05, 0.1) is 11.1 Å². The normalized spacial score (nSPS) is 25.2. The minimum atomic E-state index is -0.623. The monoisotopic (exact) mass is 544 g/mol. The molecule has 2 aromatic heterocycles. The lowest BCUT2D eigenvalue weighted by Crippen LogP contribution is -2.61. The van der Waals surface area contributed by atoms with Crippen molar-refractivity contribution >= 4 is 11.3 Å². The molecule has 6 heteroatoms. The van der Waals surface area contributed by atoms with Crippen LogP contribution in [0.25, 0.3) is 10.4 Å². The van der Waals surface area contributed by atoms with Crippen LogP contribution in [0, 0.1) is 17.8 Å². The minimum absolute atomic E-state index is 0.302. The Morgan fingerprint density at radius 3 is 1.85 bits per heavy atom. The third-order valence-electron chi connectivity index (χ3n) is 9.21. The highest BCUT2D eigenvalue weighted by atomic mass is 32.1. The second kappa shape index (κ2) is 9.72. The summed E-state index contributed by atoms with van der Waals surface area (Å²) in [6, 6.07) is 32.0. The van der Waals surface area contributed by atoms with E-state index in [4.69, 9.17) is 14.8 Å². The number of piperidine rings is 3. The molecular formula is C34H32N4OS. The number of ether oxygens (including phenoxy) is 1. The van der Waals surface area contributed by atoms with Crippen LogP contribution in [0.1, 0.15) is 29.5 Å². The number of thiazole rings is 1. The second-order valence-electron chi connectivity index (χ2n) is 11.6. The Bertz CT molecular complexity index is 1470. The lowest BCUT2D eigenvalue weighted by atomic mass is 9.66. The topological polar surface area (TPSA) is 43.2 Å². The molecule has 5 heterocycles. The highest BCUT2D eigenvalue weighted by Gasteiger charge is 2.49. The Kier molecular flexibility index (Phi) is 5.85. The van der Waals surface area contributed by atoms with Crippen molar-refractivity contribution in [2.45, 2.75) is 24.5 Å². The average Bonchev–Trinajstić information content (AvgIpc) is 3.67. The highest BCUT2D eigenvalue weighted by molar-refractivity contribution is 7.16. The zero-order valence-corrected chi connectivity index (χ0v) is 23.2. The number of hydrogen-bond donors (Lipinski definition) is 0. The van der Waals surface area contributed by atoms with E-state index in [2.05, 4.69) is 107 Å². The maximum absolute atomic E-state index is 6.63. The van der Waals surface area contributed by atoms with Crippen molar-refractivity contribution in [1.82, 2.24) is 19.7 Å². The highest BCUT2D eigenvalue weighted by Crippen LogP contribution is 2.46. The van der Waals surface area contributed by atoms with Crippen LogP contribution in [-0.2, 0) is 5.54 Å². The van der Waals surface area contributed by atoms with E-state index in [-0.39, 0.29) is 0 Å². The van der Waals surface area contributed by atoms with Crippen molar-refractivity contribution in [3.63, 3.8) is 0 Å². The first kappa shape index (κ1) is 24.1. The van der Waals surface area contributed by atoms with Gasteiger partial charge in [-0.25, -0.2) is 4.98 Å². The smallest absolute Gasteiger partial charge is 0.274 e. The first-order chi connectivity index (χ1) is 19.8. The van der Waals surface area contributed by atoms with Crippen LogP contribution < -0.4 is 4.74 Å². The van der Waals surface area contributed by atoms with E-state index >= 15 is 0 Å².